The molecule has 0 aromatic rings. The lowest BCUT2D eigenvalue weighted by atomic mass is 9.89. The van der Waals surface area contributed by atoms with E-state index in [1.54, 1.807) is 6.08 Å². The van der Waals surface area contributed by atoms with E-state index in [0.717, 1.165) is 44.3 Å². The number of nitrogens with zero attached hydrogens (tertiary/aromatic N) is 1. The monoisotopic (exact) mass is 273 g/mol. The lowest BCUT2D eigenvalue weighted by Gasteiger charge is -2.37. The van der Waals surface area contributed by atoms with E-state index in [0.29, 0.717) is 6.04 Å². The Balaban J connectivity index is 1.85. The van der Waals surface area contributed by atoms with Crippen molar-refractivity contribution in [3.63, 3.8) is 0 Å². The molecule has 0 radical (unpaired) electrons. The number of hydrogen-bond donors (Lipinski definition) is 0. The van der Waals surface area contributed by atoms with E-state index in [1.807, 2.05) is 0 Å². The van der Waals surface area contributed by atoms with E-state index in [4.69, 9.17) is 4.74 Å². The summed E-state index contributed by atoms with van der Waals surface area (Å²) >= 11 is 0. The number of carbonyl (C=O) groups is 1. The molecule has 3 rings (SSSR count). The summed E-state index contributed by atoms with van der Waals surface area (Å²) in [5.41, 5.74) is 1.15. The van der Waals surface area contributed by atoms with Crippen molar-refractivity contribution < 1.29 is 9.53 Å². The van der Waals surface area contributed by atoms with Gasteiger partial charge in [-0.1, -0.05) is 19.3 Å². The number of fused-ring (bicyclic) bond motifs is 3. The van der Waals surface area contributed by atoms with Crippen LogP contribution in [0.5, 0.6) is 0 Å². The molecule has 0 aromatic carbocycles. The SMILES string of the molecule is CCCC#CC1CCN2CCCCC2C2OC(=O)C=C12. The summed E-state index contributed by atoms with van der Waals surface area (Å²) in [7, 11) is 0. The van der Waals surface area contributed by atoms with Crippen LogP contribution in [0.2, 0.25) is 0 Å². The lowest BCUT2D eigenvalue weighted by Crippen LogP contribution is -2.46. The molecule has 108 valence electrons. The summed E-state index contributed by atoms with van der Waals surface area (Å²) in [4.78, 5) is 14.2. The maximum Gasteiger partial charge on any atom is 0.331 e. The fourth-order valence-electron chi connectivity index (χ4n) is 3.62. The van der Waals surface area contributed by atoms with Crippen LogP contribution in [0.1, 0.15) is 45.4 Å². The third-order valence-corrected chi connectivity index (χ3v) is 4.63. The topological polar surface area (TPSA) is 29.5 Å². The molecule has 3 aliphatic rings. The van der Waals surface area contributed by atoms with Crippen molar-refractivity contribution in [2.45, 2.75) is 57.6 Å². The Bertz CT molecular complexity index is 471. The zero-order valence-corrected chi connectivity index (χ0v) is 12.2. The third kappa shape index (κ3) is 2.62. The highest BCUT2D eigenvalue weighted by Gasteiger charge is 2.42. The molecule has 3 heterocycles. The summed E-state index contributed by atoms with van der Waals surface area (Å²) in [5.74, 6) is 6.70. The lowest BCUT2D eigenvalue weighted by molar-refractivity contribution is -0.141. The first-order valence-electron chi connectivity index (χ1n) is 7.94. The Morgan fingerprint density at radius 2 is 2.25 bits per heavy atom. The van der Waals surface area contributed by atoms with E-state index in [-0.39, 0.29) is 18.0 Å². The first-order chi connectivity index (χ1) is 9.79. The molecule has 0 aliphatic carbocycles. The predicted molar refractivity (Wildman–Crippen MR) is 78.0 cm³/mol. The minimum atomic E-state index is -0.167. The molecule has 0 aromatic heterocycles. The van der Waals surface area contributed by atoms with E-state index in [1.165, 1.54) is 12.8 Å². The highest BCUT2D eigenvalue weighted by atomic mass is 16.5. The molecule has 20 heavy (non-hydrogen) atoms. The number of piperidine rings is 1. The second kappa shape index (κ2) is 6.01. The van der Waals surface area contributed by atoms with Crippen molar-refractivity contribution in [2.75, 3.05) is 13.1 Å². The van der Waals surface area contributed by atoms with Crippen LogP contribution in [0.3, 0.4) is 0 Å². The summed E-state index contributed by atoms with van der Waals surface area (Å²) in [6.07, 6.45) is 8.40. The summed E-state index contributed by atoms with van der Waals surface area (Å²) < 4.78 is 5.61. The maximum absolute atomic E-state index is 11.7. The van der Waals surface area contributed by atoms with Gasteiger partial charge in [-0.2, -0.15) is 0 Å². The van der Waals surface area contributed by atoms with Gasteiger partial charge in [0, 0.05) is 25.0 Å². The van der Waals surface area contributed by atoms with Gasteiger partial charge in [0.2, 0.25) is 0 Å². The second-order valence-corrected chi connectivity index (χ2v) is 6.01. The van der Waals surface area contributed by atoms with Gasteiger partial charge in [-0.05, 0) is 37.8 Å². The zero-order chi connectivity index (χ0) is 13.9. The fourth-order valence-corrected chi connectivity index (χ4v) is 3.62. The first-order valence-corrected chi connectivity index (χ1v) is 7.94. The number of hydrogen-bond acceptors (Lipinski definition) is 3. The van der Waals surface area contributed by atoms with Crippen molar-refractivity contribution in [3.05, 3.63) is 11.6 Å². The molecule has 0 N–H and O–H groups in total. The van der Waals surface area contributed by atoms with Crippen molar-refractivity contribution in [1.82, 2.24) is 4.90 Å². The standard InChI is InChI=1S/C17H23NO2/c1-2-3-4-7-13-9-11-18-10-6-5-8-15(18)17-14(13)12-16(19)20-17/h12-13,15,17H,2-3,5-6,8-11H2,1H3. The number of esters is 1. The molecular formula is C17H23NO2. The van der Waals surface area contributed by atoms with Crippen molar-refractivity contribution in [3.8, 4) is 11.8 Å². The molecule has 0 bridgehead atoms. The van der Waals surface area contributed by atoms with E-state index in [2.05, 4.69) is 23.7 Å². The van der Waals surface area contributed by atoms with Crippen LogP contribution >= 0.6 is 0 Å². The molecule has 3 unspecified atom stereocenters. The van der Waals surface area contributed by atoms with Crippen molar-refractivity contribution in [2.24, 2.45) is 5.92 Å². The predicted octanol–water partition coefficient (Wildman–Crippen LogP) is 2.52. The Hall–Kier alpha value is -1.27. The van der Waals surface area contributed by atoms with E-state index in [9.17, 15) is 4.79 Å². The Kier molecular flexibility index (Phi) is 4.12. The summed E-state index contributed by atoms with van der Waals surface area (Å²) in [6.45, 7) is 4.37. The van der Waals surface area contributed by atoms with Crippen LogP contribution in [0.25, 0.3) is 0 Å². The normalized spacial score (nSPS) is 33.1. The van der Waals surface area contributed by atoms with Gasteiger partial charge in [0.1, 0.15) is 6.10 Å². The van der Waals surface area contributed by atoms with Crippen LogP contribution < -0.4 is 0 Å². The largest absolute Gasteiger partial charge is 0.453 e. The maximum atomic E-state index is 11.7. The number of ether oxygens (including phenoxy) is 1. The van der Waals surface area contributed by atoms with Crippen LogP contribution in [-0.2, 0) is 9.53 Å². The van der Waals surface area contributed by atoms with Gasteiger partial charge in [0.25, 0.3) is 0 Å². The first kappa shape index (κ1) is 13.7. The fraction of sp³-hybridized carbons (Fsp3) is 0.706. The molecule has 2 fully saturated rings. The molecule has 0 saturated carbocycles. The van der Waals surface area contributed by atoms with Gasteiger partial charge < -0.3 is 4.74 Å². The molecule has 3 aliphatic heterocycles. The molecule has 0 amide bonds. The third-order valence-electron chi connectivity index (χ3n) is 4.63. The Labute approximate surface area is 121 Å². The van der Waals surface area contributed by atoms with Crippen molar-refractivity contribution >= 4 is 5.97 Å². The van der Waals surface area contributed by atoms with E-state index < -0.39 is 0 Å². The van der Waals surface area contributed by atoms with Gasteiger partial charge in [-0.15, -0.1) is 5.92 Å². The average molecular weight is 273 g/mol. The number of carbonyl (C=O) groups excluding carboxylic acids is 1. The molecule has 3 atom stereocenters. The molecule has 2 saturated heterocycles. The average Bonchev–Trinajstić information content (AvgIpc) is 2.78. The number of unbranched alkanes of at least 4 members (excludes halogenated alkanes) is 1. The van der Waals surface area contributed by atoms with Crippen LogP contribution in [0.15, 0.2) is 11.6 Å². The quantitative estimate of drug-likeness (QED) is 0.543. The molecule has 3 heteroatoms. The zero-order valence-electron chi connectivity index (χ0n) is 12.2. The van der Waals surface area contributed by atoms with Crippen LogP contribution in [-0.4, -0.2) is 36.1 Å². The minimum absolute atomic E-state index is 0.0359. The van der Waals surface area contributed by atoms with E-state index >= 15 is 0 Å². The summed E-state index contributed by atoms with van der Waals surface area (Å²) in [6, 6.07) is 0.388. The van der Waals surface area contributed by atoms with Gasteiger partial charge in [-0.25, -0.2) is 4.79 Å². The molecule has 0 spiro atoms. The van der Waals surface area contributed by atoms with Gasteiger partial charge in [-0.3, -0.25) is 4.90 Å². The van der Waals surface area contributed by atoms with Gasteiger partial charge in [0.15, 0.2) is 0 Å². The minimum Gasteiger partial charge on any atom is -0.453 e. The number of rotatable bonds is 1. The highest BCUT2D eigenvalue weighted by molar-refractivity contribution is 5.86. The highest BCUT2D eigenvalue weighted by Crippen LogP contribution is 2.36. The van der Waals surface area contributed by atoms with Crippen LogP contribution in [0, 0.1) is 17.8 Å². The molecule has 3 nitrogen and oxygen atoms in total. The van der Waals surface area contributed by atoms with Gasteiger partial charge >= 0.3 is 5.97 Å². The van der Waals surface area contributed by atoms with Gasteiger partial charge in [0.05, 0.1) is 6.04 Å². The summed E-state index contributed by atoms with van der Waals surface area (Å²) in [5, 5.41) is 0. The Morgan fingerprint density at radius 1 is 1.35 bits per heavy atom. The second-order valence-electron chi connectivity index (χ2n) is 6.01. The Morgan fingerprint density at radius 3 is 3.10 bits per heavy atom. The van der Waals surface area contributed by atoms with Crippen molar-refractivity contribution in [1.29, 1.82) is 0 Å². The van der Waals surface area contributed by atoms with Crippen LogP contribution in [0.4, 0.5) is 0 Å². The smallest absolute Gasteiger partial charge is 0.331 e. The molecular weight excluding hydrogens is 250 g/mol.